The van der Waals surface area contributed by atoms with Crippen molar-refractivity contribution in [3.8, 4) is 0 Å². The minimum absolute atomic E-state index is 0.209. The molecule has 0 aliphatic carbocycles. The van der Waals surface area contributed by atoms with Crippen LogP contribution in [0.15, 0.2) is 0 Å². The van der Waals surface area contributed by atoms with Crippen LogP contribution < -0.4 is 0 Å². The summed E-state index contributed by atoms with van der Waals surface area (Å²) in [6.45, 7) is 3.05. The van der Waals surface area contributed by atoms with E-state index in [0.717, 1.165) is 6.42 Å². The number of hydrogen-bond donors (Lipinski definition) is 2. The summed E-state index contributed by atoms with van der Waals surface area (Å²) in [4.78, 5) is 0. The van der Waals surface area contributed by atoms with Gasteiger partial charge in [-0.1, -0.05) is 155 Å². The average Bonchev–Trinajstić information content (AvgIpc) is 2.81. The molecule has 0 spiro atoms. The van der Waals surface area contributed by atoms with Gasteiger partial charge in [-0.15, -0.1) is 0 Å². The van der Waals surface area contributed by atoms with Crippen LogP contribution >= 0.6 is 0 Å². The van der Waals surface area contributed by atoms with Crippen LogP contribution in [0.5, 0.6) is 0 Å². The number of aliphatic hydroxyl groups is 2. The molecule has 3 nitrogen and oxygen atoms in total. The first-order valence-corrected chi connectivity index (χ1v) is 14.7. The molecule has 0 aromatic heterocycles. The van der Waals surface area contributed by atoms with Crippen LogP contribution in [0.1, 0.15) is 161 Å². The summed E-state index contributed by atoms with van der Waals surface area (Å²) < 4.78 is 5.33. The third-order valence-corrected chi connectivity index (χ3v) is 6.66. The molecule has 0 aromatic carbocycles. The fourth-order valence-electron chi connectivity index (χ4n) is 4.44. The van der Waals surface area contributed by atoms with Crippen LogP contribution in [0.4, 0.5) is 0 Å². The Bertz CT molecular complexity index is 322. The lowest BCUT2D eigenvalue weighted by Crippen LogP contribution is -2.19. The van der Waals surface area contributed by atoms with E-state index in [1.807, 2.05) is 0 Å². The highest BCUT2D eigenvalue weighted by molar-refractivity contribution is 4.52. The highest BCUT2D eigenvalue weighted by Gasteiger charge is 2.00. The van der Waals surface area contributed by atoms with E-state index in [2.05, 4.69) is 6.92 Å². The maximum Gasteiger partial charge on any atom is 0.100 e. The molecule has 0 saturated carbocycles. The zero-order valence-corrected chi connectivity index (χ0v) is 22.0. The monoisotopic (exact) mass is 456 g/mol. The maximum absolute atomic E-state index is 9.17. The lowest BCUT2D eigenvalue weighted by atomic mass is 10.0. The number of ether oxygens (including phenoxy) is 1. The van der Waals surface area contributed by atoms with Gasteiger partial charge in [-0.05, 0) is 6.42 Å². The van der Waals surface area contributed by atoms with E-state index in [4.69, 9.17) is 9.84 Å². The third-order valence-electron chi connectivity index (χ3n) is 6.66. The Balaban J connectivity index is 3.01. The van der Waals surface area contributed by atoms with Crippen molar-refractivity contribution in [3.05, 3.63) is 0 Å². The Morgan fingerprint density at radius 3 is 1.03 bits per heavy atom. The Kier molecular flexibility index (Phi) is 28.8. The van der Waals surface area contributed by atoms with E-state index in [0.29, 0.717) is 6.61 Å². The lowest BCUT2D eigenvalue weighted by Gasteiger charge is -2.08. The van der Waals surface area contributed by atoms with Gasteiger partial charge in [0.05, 0.1) is 13.2 Å². The number of aliphatic hydroxyl groups excluding tert-OH is 2. The van der Waals surface area contributed by atoms with Crippen LogP contribution in [0.3, 0.4) is 0 Å². The van der Waals surface area contributed by atoms with Crippen LogP contribution in [0.25, 0.3) is 0 Å². The first kappa shape index (κ1) is 31.9. The van der Waals surface area contributed by atoms with Gasteiger partial charge >= 0.3 is 0 Å². The molecule has 0 saturated heterocycles. The van der Waals surface area contributed by atoms with E-state index >= 15 is 0 Å². The van der Waals surface area contributed by atoms with E-state index in [1.165, 1.54) is 148 Å². The summed E-state index contributed by atoms with van der Waals surface area (Å²) in [5.74, 6) is 0. The molecule has 0 fully saturated rings. The van der Waals surface area contributed by atoms with Crippen LogP contribution in [-0.2, 0) is 4.74 Å². The molecule has 194 valence electrons. The van der Waals surface area contributed by atoms with Gasteiger partial charge < -0.3 is 14.9 Å². The van der Waals surface area contributed by atoms with Gasteiger partial charge in [-0.3, -0.25) is 0 Å². The van der Waals surface area contributed by atoms with Crippen molar-refractivity contribution in [2.45, 2.75) is 167 Å². The van der Waals surface area contributed by atoms with Gasteiger partial charge in [0.25, 0.3) is 0 Å². The quantitative estimate of drug-likeness (QED) is 0.116. The van der Waals surface area contributed by atoms with Crippen molar-refractivity contribution in [3.63, 3.8) is 0 Å². The number of unbranched alkanes of at least 4 members (excludes halogenated alkanes) is 23. The molecular formula is C29H60O3. The Labute approximate surface area is 202 Å². The van der Waals surface area contributed by atoms with Crippen molar-refractivity contribution in [2.75, 3.05) is 19.8 Å². The largest absolute Gasteiger partial charge is 0.394 e. The van der Waals surface area contributed by atoms with Crippen molar-refractivity contribution in [1.29, 1.82) is 0 Å². The molecule has 0 heterocycles. The normalized spacial score (nSPS) is 12.5. The highest BCUT2D eigenvalue weighted by atomic mass is 16.5. The van der Waals surface area contributed by atoms with Crippen molar-refractivity contribution in [1.82, 2.24) is 0 Å². The van der Waals surface area contributed by atoms with Crippen molar-refractivity contribution < 1.29 is 14.9 Å². The molecule has 1 unspecified atom stereocenters. The molecule has 2 N–H and O–H groups in total. The second-order valence-corrected chi connectivity index (χ2v) is 10.0. The van der Waals surface area contributed by atoms with Gasteiger partial charge in [0, 0.05) is 6.61 Å². The summed E-state index contributed by atoms with van der Waals surface area (Å²) in [5.41, 5.74) is 0. The predicted molar refractivity (Wildman–Crippen MR) is 140 cm³/mol. The summed E-state index contributed by atoms with van der Waals surface area (Å²) >= 11 is 0. The number of rotatable bonds is 28. The van der Waals surface area contributed by atoms with E-state index in [1.54, 1.807) is 0 Å². The summed E-state index contributed by atoms with van der Waals surface area (Å²) in [6, 6.07) is 0. The van der Waals surface area contributed by atoms with Crippen molar-refractivity contribution >= 4 is 0 Å². The fourth-order valence-corrected chi connectivity index (χ4v) is 4.44. The first-order valence-electron chi connectivity index (χ1n) is 14.7. The first-order chi connectivity index (χ1) is 15.8. The lowest BCUT2D eigenvalue weighted by molar-refractivity contribution is 0.00526. The number of hydrogen-bond acceptors (Lipinski definition) is 3. The Morgan fingerprint density at radius 2 is 0.750 bits per heavy atom. The molecule has 0 aliphatic heterocycles. The second-order valence-electron chi connectivity index (χ2n) is 10.0. The zero-order chi connectivity index (χ0) is 23.4. The molecule has 0 rings (SSSR count). The maximum atomic E-state index is 9.17. The van der Waals surface area contributed by atoms with E-state index in [9.17, 15) is 5.11 Å². The fraction of sp³-hybridized carbons (Fsp3) is 1.00. The molecular weight excluding hydrogens is 396 g/mol. The van der Waals surface area contributed by atoms with Gasteiger partial charge in [-0.2, -0.15) is 0 Å². The van der Waals surface area contributed by atoms with Gasteiger partial charge in [-0.25, -0.2) is 0 Å². The molecule has 32 heavy (non-hydrogen) atoms. The van der Waals surface area contributed by atoms with Gasteiger partial charge in [0.2, 0.25) is 0 Å². The minimum Gasteiger partial charge on any atom is -0.394 e. The smallest absolute Gasteiger partial charge is 0.100 e. The van der Waals surface area contributed by atoms with Crippen LogP contribution in [0, 0.1) is 0 Å². The average molecular weight is 457 g/mol. The molecule has 0 aliphatic rings. The predicted octanol–water partition coefficient (Wildman–Crippen LogP) is 8.74. The van der Waals surface area contributed by atoms with Crippen LogP contribution in [-0.4, -0.2) is 36.1 Å². The Hall–Kier alpha value is -0.120. The summed E-state index contributed by atoms with van der Waals surface area (Å²) in [5, 5.41) is 17.9. The van der Waals surface area contributed by atoms with E-state index < -0.39 is 6.10 Å². The molecule has 0 bridgehead atoms. The third kappa shape index (κ3) is 27.9. The van der Waals surface area contributed by atoms with Gasteiger partial charge in [0.1, 0.15) is 6.10 Å². The topological polar surface area (TPSA) is 49.7 Å². The van der Waals surface area contributed by atoms with Crippen molar-refractivity contribution in [2.24, 2.45) is 0 Å². The molecule has 3 heteroatoms. The van der Waals surface area contributed by atoms with Crippen LogP contribution in [0.2, 0.25) is 0 Å². The highest BCUT2D eigenvalue weighted by Crippen LogP contribution is 2.15. The minimum atomic E-state index is -0.718. The standard InChI is InChI=1S/C29H60O3/c1-2-3-4-5-6-7-8-9-10-11-12-13-14-15-16-17-18-19-20-21-22-23-24-25-26-32-28-29(31)27-30/h29-31H,2-28H2,1H3. The second kappa shape index (κ2) is 28.9. The SMILES string of the molecule is CCCCCCCCCCCCCCCCCCCCCCCCCCOCC(O)CO. The van der Waals surface area contributed by atoms with Gasteiger partial charge in [0.15, 0.2) is 0 Å². The summed E-state index contributed by atoms with van der Waals surface area (Å²) in [6.07, 6.45) is 33.1. The molecule has 0 aromatic rings. The van der Waals surface area contributed by atoms with E-state index in [-0.39, 0.29) is 13.2 Å². The zero-order valence-electron chi connectivity index (χ0n) is 22.0. The molecule has 0 radical (unpaired) electrons. The Morgan fingerprint density at radius 1 is 0.469 bits per heavy atom. The molecule has 1 atom stereocenters. The summed E-state index contributed by atoms with van der Waals surface area (Å²) in [7, 11) is 0. The molecule has 0 amide bonds.